The number of alkyl halides is 1. The third kappa shape index (κ3) is 4.35. The van der Waals surface area contributed by atoms with Gasteiger partial charge < -0.3 is 14.8 Å². The summed E-state index contributed by atoms with van der Waals surface area (Å²) in [5.74, 6) is -0.368. The van der Waals surface area contributed by atoms with Gasteiger partial charge >= 0.3 is 0 Å². The van der Waals surface area contributed by atoms with E-state index in [1.807, 2.05) is 12.1 Å². The van der Waals surface area contributed by atoms with Crippen LogP contribution in [0.3, 0.4) is 0 Å². The molecule has 2 aromatic heterocycles. The molecule has 1 amide bonds. The van der Waals surface area contributed by atoms with Crippen LogP contribution in [0.1, 0.15) is 35.4 Å². The van der Waals surface area contributed by atoms with Crippen molar-refractivity contribution < 1.29 is 19.1 Å². The van der Waals surface area contributed by atoms with Crippen molar-refractivity contribution in [2.45, 2.75) is 55.3 Å². The van der Waals surface area contributed by atoms with Crippen LogP contribution in [-0.4, -0.2) is 75.6 Å². The fraction of sp³-hybridized carbons (Fsp3) is 0.522. The molecule has 2 aliphatic heterocycles. The number of hydrogen-bond acceptors (Lipinski definition) is 8. The Morgan fingerprint density at radius 2 is 2.18 bits per heavy atom. The van der Waals surface area contributed by atoms with Crippen LogP contribution >= 0.6 is 22.9 Å². The van der Waals surface area contributed by atoms with Crippen molar-refractivity contribution in [2.24, 2.45) is 5.92 Å². The topological polar surface area (TPSA) is 101 Å². The number of ketones is 1. The Bertz CT molecular complexity index is 1030. The smallest absolute Gasteiger partial charge is 0.263 e. The normalized spacial score (nSPS) is 30.7. The summed E-state index contributed by atoms with van der Waals surface area (Å²) in [6.45, 7) is 0.636. The number of amides is 1. The number of nitrogens with zero attached hydrogens (tertiary/aromatic N) is 3. The number of aldehydes is 1. The SMILES string of the molecule is O=CC(NC(=O)c1cnc(-c2cccnc2)s1)C1CCCC[C@@H]1N1C[C@H](Cl)[C@H]2OCC(=O)[C@H]21. The van der Waals surface area contributed by atoms with E-state index in [2.05, 4.69) is 20.2 Å². The second kappa shape index (κ2) is 9.58. The van der Waals surface area contributed by atoms with Gasteiger partial charge in [-0.1, -0.05) is 12.8 Å². The van der Waals surface area contributed by atoms with Gasteiger partial charge in [0.2, 0.25) is 0 Å². The van der Waals surface area contributed by atoms with Gasteiger partial charge in [-0.2, -0.15) is 0 Å². The fourth-order valence-electron chi connectivity index (χ4n) is 5.41. The molecule has 0 radical (unpaired) electrons. The van der Waals surface area contributed by atoms with Crippen molar-refractivity contribution in [2.75, 3.05) is 13.2 Å². The van der Waals surface area contributed by atoms with E-state index in [-0.39, 0.29) is 47.8 Å². The van der Waals surface area contributed by atoms with Crippen LogP contribution in [0.2, 0.25) is 0 Å². The summed E-state index contributed by atoms with van der Waals surface area (Å²) < 4.78 is 5.63. The summed E-state index contributed by atoms with van der Waals surface area (Å²) in [7, 11) is 0. The summed E-state index contributed by atoms with van der Waals surface area (Å²) in [5, 5.41) is 3.37. The molecule has 0 spiro atoms. The van der Waals surface area contributed by atoms with Crippen LogP contribution in [0.4, 0.5) is 0 Å². The second-order valence-corrected chi connectivity index (χ2v) is 10.4. The van der Waals surface area contributed by atoms with Gasteiger partial charge in [0.15, 0.2) is 5.78 Å². The van der Waals surface area contributed by atoms with Crippen molar-refractivity contribution in [3.05, 3.63) is 35.6 Å². The van der Waals surface area contributed by atoms with Crippen LogP contribution in [-0.2, 0) is 14.3 Å². The molecule has 3 fully saturated rings. The Hall–Kier alpha value is -2.20. The third-order valence-electron chi connectivity index (χ3n) is 6.91. The Labute approximate surface area is 200 Å². The molecule has 2 aromatic rings. The highest BCUT2D eigenvalue weighted by Gasteiger charge is 2.53. The first-order valence-electron chi connectivity index (χ1n) is 11.2. The van der Waals surface area contributed by atoms with E-state index in [1.165, 1.54) is 17.5 Å². The highest BCUT2D eigenvalue weighted by Crippen LogP contribution is 2.39. The van der Waals surface area contributed by atoms with Crippen LogP contribution in [0.15, 0.2) is 30.7 Å². The summed E-state index contributed by atoms with van der Waals surface area (Å²) in [5.41, 5.74) is 0.837. The van der Waals surface area contributed by atoms with Crippen molar-refractivity contribution in [1.82, 2.24) is 20.2 Å². The number of ether oxygens (including phenoxy) is 1. The Balaban J connectivity index is 1.32. The number of halogens is 1. The summed E-state index contributed by atoms with van der Waals surface area (Å²) in [4.78, 5) is 48.6. The molecular weight excluding hydrogens is 464 g/mol. The predicted octanol–water partition coefficient (Wildman–Crippen LogP) is 2.32. The highest BCUT2D eigenvalue weighted by atomic mass is 35.5. The molecule has 10 heteroatoms. The monoisotopic (exact) mass is 488 g/mol. The highest BCUT2D eigenvalue weighted by molar-refractivity contribution is 7.16. The average molecular weight is 489 g/mol. The molecule has 33 heavy (non-hydrogen) atoms. The zero-order valence-electron chi connectivity index (χ0n) is 17.9. The Morgan fingerprint density at radius 3 is 2.97 bits per heavy atom. The third-order valence-corrected chi connectivity index (χ3v) is 8.34. The molecule has 0 bridgehead atoms. The minimum atomic E-state index is -0.656. The molecule has 174 valence electrons. The molecule has 2 unspecified atom stereocenters. The van der Waals surface area contributed by atoms with Crippen molar-refractivity contribution >= 4 is 40.9 Å². The molecule has 3 aliphatic rings. The summed E-state index contributed by atoms with van der Waals surface area (Å²) in [6.07, 6.45) is 9.08. The molecule has 4 heterocycles. The standard InChI is InChI=1S/C23H25ClN4O4S/c24-15-10-28(20-18(30)12-32-21(15)20)17-6-2-1-5-14(17)16(11-29)27-22(31)19-9-26-23(33-19)13-4-3-7-25-8-13/h3-4,7-9,11,14-17,20-21H,1-2,5-6,10,12H2,(H,27,31)/t14?,15-,16?,17-,20+,21+/m0/s1. The van der Waals surface area contributed by atoms with E-state index in [0.717, 1.165) is 37.5 Å². The lowest BCUT2D eigenvalue weighted by molar-refractivity contribution is -0.122. The van der Waals surface area contributed by atoms with E-state index in [1.54, 1.807) is 12.4 Å². The van der Waals surface area contributed by atoms with Crippen LogP contribution in [0.5, 0.6) is 0 Å². The number of pyridine rings is 1. The number of carbonyl (C=O) groups is 3. The maximum Gasteiger partial charge on any atom is 0.263 e. The number of Topliss-reactive ketones (excluding diaryl/α,β-unsaturated/α-hetero) is 1. The quantitative estimate of drug-likeness (QED) is 0.491. The number of fused-ring (bicyclic) bond motifs is 1. The van der Waals surface area contributed by atoms with Gasteiger partial charge in [-0.25, -0.2) is 4.98 Å². The number of carbonyl (C=O) groups excluding carboxylic acids is 3. The summed E-state index contributed by atoms with van der Waals surface area (Å²) >= 11 is 7.77. The van der Waals surface area contributed by atoms with Gasteiger partial charge in [-0.05, 0) is 25.0 Å². The fourth-order valence-corrected chi connectivity index (χ4v) is 6.59. The lowest BCUT2D eigenvalue weighted by Gasteiger charge is -2.42. The van der Waals surface area contributed by atoms with Crippen molar-refractivity contribution in [3.8, 4) is 10.6 Å². The molecule has 0 aromatic carbocycles. The van der Waals surface area contributed by atoms with Crippen LogP contribution < -0.4 is 5.32 Å². The zero-order chi connectivity index (χ0) is 22.9. The molecular formula is C23H25ClN4O4S. The lowest BCUT2D eigenvalue weighted by atomic mass is 9.78. The Kier molecular flexibility index (Phi) is 6.56. The van der Waals surface area contributed by atoms with E-state index in [0.29, 0.717) is 16.4 Å². The van der Waals surface area contributed by atoms with Gasteiger partial charge in [0.25, 0.3) is 5.91 Å². The van der Waals surface area contributed by atoms with Gasteiger partial charge in [0.05, 0.1) is 29.8 Å². The molecule has 2 saturated heterocycles. The molecule has 1 aliphatic carbocycles. The first kappa shape index (κ1) is 22.6. The van der Waals surface area contributed by atoms with Gasteiger partial charge in [-0.15, -0.1) is 22.9 Å². The van der Waals surface area contributed by atoms with E-state index < -0.39 is 6.04 Å². The number of hydrogen-bond donors (Lipinski definition) is 1. The number of nitrogens with one attached hydrogen (secondary N) is 1. The predicted molar refractivity (Wildman–Crippen MR) is 123 cm³/mol. The van der Waals surface area contributed by atoms with Crippen LogP contribution in [0, 0.1) is 5.92 Å². The van der Waals surface area contributed by atoms with Gasteiger partial charge in [-0.3, -0.25) is 19.5 Å². The van der Waals surface area contributed by atoms with Gasteiger partial charge in [0.1, 0.15) is 22.8 Å². The minimum Gasteiger partial charge on any atom is -0.367 e. The molecule has 6 atom stereocenters. The minimum absolute atomic E-state index is 0.0106. The first-order chi connectivity index (χ1) is 16.1. The Morgan fingerprint density at radius 1 is 1.33 bits per heavy atom. The van der Waals surface area contributed by atoms with Crippen LogP contribution in [0.25, 0.3) is 10.6 Å². The first-order valence-corrected chi connectivity index (χ1v) is 12.5. The second-order valence-electron chi connectivity index (χ2n) is 8.82. The van der Waals surface area contributed by atoms with Crippen molar-refractivity contribution in [1.29, 1.82) is 0 Å². The zero-order valence-corrected chi connectivity index (χ0v) is 19.5. The van der Waals surface area contributed by atoms with Gasteiger partial charge in [0, 0.05) is 36.5 Å². The van der Waals surface area contributed by atoms with Crippen molar-refractivity contribution in [3.63, 3.8) is 0 Å². The molecule has 1 N–H and O–H groups in total. The van der Waals surface area contributed by atoms with E-state index in [4.69, 9.17) is 16.3 Å². The lowest BCUT2D eigenvalue weighted by Crippen LogP contribution is -2.55. The van der Waals surface area contributed by atoms with E-state index >= 15 is 0 Å². The maximum absolute atomic E-state index is 13.0. The number of aromatic nitrogens is 2. The largest absolute Gasteiger partial charge is 0.367 e. The number of thiazole rings is 1. The average Bonchev–Trinajstić information content (AvgIpc) is 3.56. The maximum atomic E-state index is 13.0. The number of rotatable bonds is 6. The molecule has 5 rings (SSSR count). The van der Waals surface area contributed by atoms with E-state index in [9.17, 15) is 14.4 Å². The number of likely N-dealkylation sites (tertiary alicyclic amines) is 1. The molecule has 1 saturated carbocycles. The summed E-state index contributed by atoms with van der Waals surface area (Å²) in [6, 6.07) is 2.68. The molecule has 8 nitrogen and oxygen atoms in total.